The first-order valence-electron chi connectivity index (χ1n) is 9.29. The van der Waals surface area contributed by atoms with Gasteiger partial charge in [0.1, 0.15) is 5.69 Å². The number of para-hydroxylation sites is 1. The number of carbonyl (C=O) groups is 1. The van der Waals surface area contributed by atoms with E-state index in [1.807, 2.05) is 37.3 Å². The predicted octanol–water partition coefficient (Wildman–Crippen LogP) is 3.65. The molecule has 1 amide bonds. The zero-order valence-corrected chi connectivity index (χ0v) is 16.8. The molecule has 4 aromatic rings. The second-order valence-electron chi connectivity index (χ2n) is 6.65. The number of aryl methyl sites for hydroxylation is 1. The van der Waals surface area contributed by atoms with Gasteiger partial charge in [0.15, 0.2) is 11.5 Å². The highest BCUT2D eigenvalue weighted by atomic mass is 16.5. The molecular formula is C22H21N5O3. The molecule has 0 aliphatic carbocycles. The van der Waals surface area contributed by atoms with Crippen LogP contribution in [0.5, 0.6) is 11.5 Å². The first-order valence-corrected chi connectivity index (χ1v) is 9.29. The van der Waals surface area contributed by atoms with Gasteiger partial charge in [-0.15, -0.1) is 0 Å². The third-order valence-corrected chi connectivity index (χ3v) is 4.80. The summed E-state index contributed by atoms with van der Waals surface area (Å²) in [6.45, 7) is 1.97. The molecule has 4 rings (SSSR count). The number of benzene rings is 2. The van der Waals surface area contributed by atoms with Crippen LogP contribution in [0.3, 0.4) is 0 Å². The van der Waals surface area contributed by atoms with E-state index in [-0.39, 0.29) is 5.91 Å². The quantitative estimate of drug-likeness (QED) is 0.338. The molecule has 3 N–H and O–H groups in total. The number of hydrogen-bond donors (Lipinski definition) is 3. The molecule has 30 heavy (non-hydrogen) atoms. The summed E-state index contributed by atoms with van der Waals surface area (Å²) in [5, 5.41) is 12.1. The molecule has 152 valence electrons. The summed E-state index contributed by atoms with van der Waals surface area (Å²) < 4.78 is 10.6. The number of hydrogen-bond acceptors (Lipinski definition) is 5. The van der Waals surface area contributed by atoms with Crippen LogP contribution < -0.4 is 14.9 Å². The van der Waals surface area contributed by atoms with Gasteiger partial charge < -0.3 is 14.5 Å². The maximum Gasteiger partial charge on any atom is 0.289 e. The topological polar surface area (TPSA) is 104 Å². The van der Waals surface area contributed by atoms with Crippen LogP contribution in [-0.2, 0) is 0 Å². The van der Waals surface area contributed by atoms with Crippen molar-refractivity contribution >= 4 is 23.0 Å². The van der Waals surface area contributed by atoms with Crippen LogP contribution in [0.4, 0.5) is 0 Å². The number of ether oxygens (including phenoxy) is 2. The zero-order chi connectivity index (χ0) is 21.1. The lowest BCUT2D eigenvalue weighted by Crippen LogP contribution is -2.18. The zero-order valence-electron chi connectivity index (χ0n) is 16.8. The lowest BCUT2D eigenvalue weighted by molar-refractivity contribution is 0.0950. The minimum atomic E-state index is -0.386. The molecule has 0 spiro atoms. The van der Waals surface area contributed by atoms with E-state index in [0.29, 0.717) is 22.9 Å². The Morgan fingerprint density at radius 1 is 1.10 bits per heavy atom. The van der Waals surface area contributed by atoms with Gasteiger partial charge in [-0.3, -0.25) is 9.89 Å². The first-order chi connectivity index (χ1) is 14.6. The summed E-state index contributed by atoms with van der Waals surface area (Å²) in [5.74, 6) is 0.822. The second kappa shape index (κ2) is 8.12. The normalized spacial score (nSPS) is 11.2. The smallest absolute Gasteiger partial charge is 0.289 e. The van der Waals surface area contributed by atoms with E-state index in [9.17, 15) is 4.79 Å². The Kier molecular flexibility index (Phi) is 5.21. The van der Waals surface area contributed by atoms with Crippen LogP contribution >= 0.6 is 0 Å². The van der Waals surface area contributed by atoms with E-state index < -0.39 is 0 Å². The van der Waals surface area contributed by atoms with Crippen molar-refractivity contribution in [1.82, 2.24) is 20.6 Å². The van der Waals surface area contributed by atoms with Gasteiger partial charge in [0.05, 0.1) is 26.1 Å². The van der Waals surface area contributed by atoms with E-state index >= 15 is 0 Å². The predicted molar refractivity (Wildman–Crippen MR) is 115 cm³/mol. The van der Waals surface area contributed by atoms with Gasteiger partial charge in [-0.25, -0.2) is 5.43 Å². The molecule has 0 saturated heterocycles. The number of rotatable bonds is 6. The number of nitrogens with one attached hydrogen (secondary N) is 3. The molecule has 2 heterocycles. The molecule has 0 aliphatic rings. The highest BCUT2D eigenvalue weighted by molar-refractivity contribution is 6.01. The Hall–Kier alpha value is -4.07. The standard InChI is InChI=1S/C22H21N5O3/c1-13-16(15-6-4-5-7-17(15)24-13)12-23-27-22(28)19-11-18(25-26-19)14-8-9-20(29-2)21(10-14)30-3/h4-12,24H,1-3H3,(H,25,26)(H,27,28). The van der Waals surface area contributed by atoms with Crippen LogP contribution in [0.1, 0.15) is 21.7 Å². The number of amides is 1. The van der Waals surface area contributed by atoms with E-state index in [1.54, 1.807) is 38.6 Å². The van der Waals surface area contributed by atoms with Crippen molar-refractivity contribution in [2.45, 2.75) is 6.92 Å². The van der Waals surface area contributed by atoms with Crippen molar-refractivity contribution in [1.29, 1.82) is 0 Å². The third-order valence-electron chi connectivity index (χ3n) is 4.80. The average Bonchev–Trinajstić information content (AvgIpc) is 3.38. The summed E-state index contributed by atoms with van der Waals surface area (Å²) in [6.07, 6.45) is 1.64. The van der Waals surface area contributed by atoms with E-state index in [2.05, 4.69) is 25.7 Å². The fraction of sp³-hybridized carbons (Fsp3) is 0.136. The molecule has 0 saturated carbocycles. The molecule has 2 aromatic carbocycles. The maximum atomic E-state index is 12.4. The third kappa shape index (κ3) is 3.62. The number of carbonyl (C=O) groups excluding carboxylic acids is 1. The summed E-state index contributed by atoms with van der Waals surface area (Å²) in [6, 6.07) is 15.0. The highest BCUT2D eigenvalue weighted by Crippen LogP contribution is 2.31. The number of nitrogens with zero attached hydrogens (tertiary/aromatic N) is 2. The maximum absolute atomic E-state index is 12.4. The molecule has 2 aromatic heterocycles. The first kappa shape index (κ1) is 19.3. The van der Waals surface area contributed by atoms with E-state index in [4.69, 9.17) is 9.47 Å². The summed E-state index contributed by atoms with van der Waals surface area (Å²) >= 11 is 0. The van der Waals surface area contributed by atoms with Crippen molar-refractivity contribution in [2.75, 3.05) is 14.2 Å². The minimum absolute atomic E-state index is 0.299. The number of methoxy groups -OCH3 is 2. The molecule has 0 unspecified atom stereocenters. The van der Waals surface area contributed by atoms with Crippen LogP contribution in [0, 0.1) is 6.92 Å². The Balaban J connectivity index is 1.49. The van der Waals surface area contributed by atoms with Gasteiger partial charge in [-0.1, -0.05) is 18.2 Å². The Bertz CT molecular complexity index is 1240. The van der Waals surface area contributed by atoms with Gasteiger partial charge in [-0.2, -0.15) is 10.2 Å². The van der Waals surface area contributed by atoms with Crippen LogP contribution in [0.25, 0.3) is 22.2 Å². The number of aromatic amines is 2. The Morgan fingerprint density at radius 2 is 1.90 bits per heavy atom. The summed E-state index contributed by atoms with van der Waals surface area (Å²) in [7, 11) is 3.14. The van der Waals surface area contributed by atoms with Crippen molar-refractivity contribution < 1.29 is 14.3 Å². The number of H-pyrrole nitrogens is 2. The monoisotopic (exact) mass is 403 g/mol. The van der Waals surface area contributed by atoms with Gasteiger partial charge in [0, 0.05) is 27.7 Å². The minimum Gasteiger partial charge on any atom is -0.493 e. The van der Waals surface area contributed by atoms with Crippen molar-refractivity contribution in [3.8, 4) is 22.8 Å². The molecule has 0 radical (unpaired) electrons. The number of fused-ring (bicyclic) bond motifs is 1. The average molecular weight is 403 g/mol. The van der Waals surface area contributed by atoms with E-state index in [1.165, 1.54) is 0 Å². The second-order valence-corrected chi connectivity index (χ2v) is 6.65. The van der Waals surface area contributed by atoms with E-state index in [0.717, 1.165) is 27.7 Å². The molecule has 0 aliphatic heterocycles. The van der Waals surface area contributed by atoms with Crippen LogP contribution in [0.15, 0.2) is 53.6 Å². The van der Waals surface area contributed by atoms with Gasteiger partial charge in [-0.05, 0) is 37.3 Å². The largest absolute Gasteiger partial charge is 0.493 e. The lowest BCUT2D eigenvalue weighted by Gasteiger charge is -2.08. The molecule has 8 nitrogen and oxygen atoms in total. The van der Waals surface area contributed by atoms with Gasteiger partial charge in [0.2, 0.25) is 0 Å². The van der Waals surface area contributed by atoms with Crippen molar-refractivity contribution in [2.24, 2.45) is 5.10 Å². The summed E-state index contributed by atoms with van der Waals surface area (Å²) in [4.78, 5) is 15.7. The SMILES string of the molecule is COc1ccc(-c2cc(C(=O)NN=Cc3c(C)[nH]c4ccccc34)[nH]n2)cc1OC. The molecular weight excluding hydrogens is 382 g/mol. The molecule has 0 fully saturated rings. The Morgan fingerprint density at radius 3 is 2.70 bits per heavy atom. The summed E-state index contributed by atoms with van der Waals surface area (Å²) in [5.41, 5.74) is 7.17. The van der Waals surface area contributed by atoms with Gasteiger partial charge in [0.25, 0.3) is 5.91 Å². The fourth-order valence-electron chi connectivity index (χ4n) is 3.26. The molecule has 0 atom stereocenters. The molecule has 8 heteroatoms. The fourth-order valence-corrected chi connectivity index (χ4v) is 3.26. The number of hydrazone groups is 1. The Labute approximate surface area is 172 Å². The number of aromatic nitrogens is 3. The highest BCUT2D eigenvalue weighted by Gasteiger charge is 2.13. The lowest BCUT2D eigenvalue weighted by atomic mass is 10.1. The van der Waals surface area contributed by atoms with Crippen molar-refractivity contribution in [3.05, 3.63) is 65.5 Å². The van der Waals surface area contributed by atoms with Crippen molar-refractivity contribution in [3.63, 3.8) is 0 Å². The van der Waals surface area contributed by atoms with Crippen LogP contribution in [0.2, 0.25) is 0 Å². The molecule has 0 bridgehead atoms. The van der Waals surface area contributed by atoms with Gasteiger partial charge >= 0.3 is 0 Å². The van der Waals surface area contributed by atoms with Crippen LogP contribution in [-0.4, -0.2) is 41.5 Å².